The van der Waals surface area contributed by atoms with Crippen molar-refractivity contribution >= 4 is 11.9 Å². The van der Waals surface area contributed by atoms with Gasteiger partial charge in [0, 0.05) is 11.1 Å². The van der Waals surface area contributed by atoms with Gasteiger partial charge < -0.3 is 9.47 Å². The Labute approximate surface area is 130 Å². The van der Waals surface area contributed by atoms with Crippen molar-refractivity contribution in [1.29, 1.82) is 0 Å². The molecule has 2 aromatic rings. The molecular weight excluding hydrogens is 276 g/mol. The fraction of sp³-hybridized carbons (Fsp3) is 0.211. The number of hydrogen-bond acceptors (Lipinski definition) is 3. The van der Waals surface area contributed by atoms with Crippen LogP contribution in [0.3, 0.4) is 0 Å². The van der Waals surface area contributed by atoms with Crippen LogP contribution in [0.5, 0.6) is 11.5 Å². The minimum atomic E-state index is 0.0150. The second-order valence-electron chi connectivity index (χ2n) is 5.49. The first-order valence-electron chi connectivity index (χ1n) is 7.38. The molecule has 0 saturated carbocycles. The Hall–Kier alpha value is -2.55. The molecule has 1 aliphatic heterocycles. The fourth-order valence-corrected chi connectivity index (χ4v) is 2.43. The molecule has 0 aromatic heterocycles. The van der Waals surface area contributed by atoms with E-state index in [-0.39, 0.29) is 18.5 Å². The molecule has 112 valence electrons. The van der Waals surface area contributed by atoms with Gasteiger partial charge in [0.05, 0.1) is 11.7 Å². The van der Waals surface area contributed by atoms with E-state index in [0.717, 1.165) is 11.3 Å². The lowest BCUT2D eigenvalue weighted by Crippen LogP contribution is -2.19. The first-order valence-corrected chi connectivity index (χ1v) is 7.38. The molecular formula is C19H18O3. The third-order valence-corrected chi connectivity index (χ3v) is 3.42. The minimum absolute atomic E-state index is 0.0150. The molecule has 0 unspecified atom stereocenters. The van der Waals surface area contributed by atoms with E-state index in [2.05, 4.69) is 0 Å². The summed E-state index contributed by atoms with van der Waals surface area (Å²) in [4.78, 5) is 12.6. The first kappa shape index (κ1) is 14.4. The average molecular weight is 294 g/mol. The van der Waals surface area contributed by atoms with Crippen LogP contribution in [0.15, 0.2) is 54.1 Å². The first-order chi connectivity index (χ1) is 10.6. The Morgan fingerprint density at radius 1 is 1.09 bits per heavy atom. The van der Waals surface area contributed by atoms with Gasteiger partial charge in [-0.25, -0.2) is 0 Å². The Balaban J connectivity index is 1.96. The summed E-state index contributed by atoms with van der Waals surface area (Å²) in [5.41, 5.74) is 2.14. The normalized spacial score (nSPS) is 15.6. The summed E-state index contributed by atoms with van der Waals surface area (Å²) >= 11 is 0. The Kier molecular flexibility index (Phi) is 3.96. The van der Waals surface area contributed by atoms with E-state index < -0.39 is 0 Å². The molecule has 0 spiro atoms. The summed E-state index contributed by atoms with van der Waals surface area (Å²) in [5, 5.41) is 0. The summed E-state index contributed by atoms with van der Waals surface area (Å²) in [6.45, 7) is 4.25. The van der Waals surface area contributed by atoms with E-state index >= 15 is 0 Å². The van der Waals surface area contributed by atoms with Crippen LogP contribution in [-0.4, -0.2) is 18.5 Å². The van der Waals surface area contributed by atoms with Crippen LogP contribution in [0, 0.1) is 0 Å². The number of carbonyl (C=O) groups excluding carboxylic acids is 1. The average Bonchev–Trinajstić information content (AvgIpc) is 2.51. The number of Topliss-reactive ketones (excluding diaryl/α,β-unsaturated/α-hetero) is 1. The van der Waals surface area contributed by atoms with Gasteiger partial charge in [0.1, 0.15) is 18.1 Å². The third-order valence-electron chi connectivity index (χ3n) is 3.42. The van der Waals surface area contributed by atoms with Crippen molar-refractivity contribution in [3.05, 3.63) is 65.2 Å². The largest absolute Gasteiger partial charge is 0.490 e. The van der Waals surface area contributed by atoms with Crippen LogP contribution in [0.4, 0.5) is 0 Å². The van der Waals surface area contributed by atoms with E-state index in [1.807, 2.05) is 62.4 Å². The molecule has 2 aromatic carbocycles. The van der Waals surface area contributed by atoms with Crippen molar-refractivity contribution in [2.24, 2.45) is 0 Å². The zero-order valence-corrected chi connectivity index (χ0v) is 12.7. The van der Waals surface area contributed by atoms with Crippen LogP contribution in [0.2, 0.25) is 0 Å². The summed E-state index contributed by atoms with van der Waals surface area (Å²) in [6.07, 6.45) is 1.94. The van der Waals surface area contributed by atoms with Gasteiger partial charge in [-0.1, -0.05) is 30.3 Å². The van der Waals surface area contributed by atoms with Crippen molar-refractivity contribution in [2.45, 2.75) is 20.0 Å². The number of para-hydroxylation sites is 2. The maximum atomic E-state index is 12.6. The lowest BCUT2D eigenvalue weighted by Gasteiger charge is -2.19. The van der Waals surface area contributed by atoms with Crippen LogP contribution in [0.25, 0.3) is 6.08 Å². The van der Waals surface area contributed by atoms with Crippen molar-refractivity contribution < 1.29 is 14.3 Å². The Morgan fingerprint density at radius 3 is 2.64 bits per heavy atom. The summed E-state index contributed by atoms with van der Waals surface area (Å²) in [7, 11) is 0. The molecule has 0 aliphatic carbocycles. The zero-order chi connectivity index (χ0) is 15.5. The van der Waals surface area contributed by atoms with Gasteiger partial charge >= 0.3 is 0 Å². The molecule has 0 radical (unpaired) electrons. The van der Waals surface area contributed by atoms with E-state index in [1.54, 1.807) is 6.07 Å². The van der Waals surface area contributed by atoms with Crippen molar-refractivity contribution in [1.82, 2.24) is 0 Å². The maximum absolute atomic E-state index is 12.6. The third kappa shape index (κ3) is 2.89. The highest BCUT2D eigenvalue weighted by Crippen LogP contribution is 2.29. The van der Waals surface area contributed by atoms with Gasteiger partial charge in [0.15, 0.2) is 5.78 Å². The molecule has 3 nitrogen and oxygen atoms in total. The van der Waals surface area contributed by atoms with Crippen LogP contribution in [0.1, 0.15) is 29.8 Å². The molecule has 0 saturated heterocycles. The second-order valence-corrected chi connectivity index (χ2v) is 5.49. The van der Waals surface area contributed by atoms with E-state index in [1.165, 1.54) is 0 Å². The topological polar surface area (TPSA) is 35.5 Å². The lowest BCUT2D eigenvalue weighted by molar-refractivity contribution is 0.100. The Bertz CT molecular complexity index is 729. The number of rotatable bonds is 3. The summed E-state index contributed by atoms with van der Waals surface area (Å²) < 4.78 is 11.5. The van der Waals surface area contributed by atoms with Gasteiger partial charge in [0.25, 0.3) is 0 Å². The minimum Gasteiger partial charge on any atom is -0.490 e. The smallest absolute Gasteiger partial charge is 0.196 e. The van der Waals surface area contributed by atoms with Crippen molar-refractivity contribution in [2.75, 3.05) is 6.61 Å². The molecule has 1 aliphatic rings. The maximum Gasteiger partial charge on any atom is 0.196 e. The van der Waals surface area contributed by atoms with E-state index in [0.29, 0.717) is 16.9 Å². The molecule has 0 bridgehead atoms. The molecule has 0 atom stereocenters. The van der Waals surface area contributed by atoms with Crippen molar-refractivity contribution in [3.8, 4) is 11.5 Å². The monoisotopic (exact) mass is 294 g/mol. The molecule has 0 fully saturated rings. The van der Waals surface area contributed by atoms with Gasteiger partial charge in [-0.2, -0.15) is 0 Å². The number of carbonyl (C=O) groups is 1. The summed E-state index contributed by atoms with van der Waals surface area (Å²) in [6, 6.07) is 15.0. The molecule has 0 N–H and O–H groups in total. The van der Waals surface area contributed by atoms with Crippen molar-refractivity contribution in [3.63, 3.8) is 0 Å². The highest BCUT2D eigenvalue weighted by molar-refractivity contribution is 6.14. The van der Waals surface area contributed by atoms with Crippen LogP contribution < -0.4 is 9.47 Å². The quantitative estimate of drug-likeness (QED) is 0.798. The number of ether oxygens (including phenoxy) is 2. The van der Waals surface area contributed by atoms with Gasteiger partial charge in [-0.05, 0) is 38.1 Å². The number of fused-ring (bicyclic) bond motifs is 1. The highest BCUT2D eigenvalue weighted by Gasteiger charge is 2.23. The van der Waals surface area contributed by atoms with Gasteiger partial charge in [-0.15, -0.1) is 0 Å². The van der Waals surface area contributed by atoms with Gasteiger partial charge in [-0.3, -0.25) is 4.79 Å². The highest BCUT2D eigenvalue weighted by atomic mass is 16.5. The summed E-state index contributed by atoms with van der Waals surface area (Å²) in [5.74, 6) is 1.44. The lowest BCUT2D eigenvalue weighted by atomic mass is 9.98. The predicted molar refractivity (Wildman–Crippen MR) is 86.5 cm³/mol. The van der Waals surface area contributed by atoms with E-state index in [4.69, 9.17) is 9.47 Å². The molecule has 3 rings (SSSR count). The molecule has 22 heavy (non-hydrogen) atoms. The standard InChI is InChI=1S/C19H18O3/c1-13(2)22-17-9-5-3-7-14(17)11-15-12-21-18-10-6-4-8-16(18)19(15)20/h3-11,13H,12H2,1-2H3. The number of benzene rings is 2. The van der Waals surface area contributed by atoms with Crippen LogP contribution >= 0.6 is 0 Å². The molecule has 1 heterocycles. The SMILES string of the molecule is CC(C)Oc1ccccc1C=C1COc2ccccc2C1=O. The van der Waals surface area contributed by atoms with Gasteiger partial charge in [0.2, 0.25) is 0 Å². The van der Waals surface area contributed by atoms with E-state index in [9.17, 15) is 4.79 Å². The predicted octanol–water partition coefficient (Wildman–Crippen LogP) is 4.13. The zero-order valence-electron chi connectivity index (χ0n) is 12.7. The van der Waals surface area contributed by atoms with Crippen LogP contribution in [-0.2, 0) is 0 Å². The fourth-order valence-electron chi connectivity index (χ4n) is 2.43. The number of ketones is 1. The number of hydrogen-bond donors (Lipinski definition) is 0. The Morgan fingerprint density at radius 2 is 1.82 bits per heavy atom. The molecule has 3 heteroatoms. The second kappa shape index (κ2) is 6.06. The molecule has 0 amide bonds.